The van der Waals surface area contributed by atoms with E-state index in [0.29, 0.717) is 5.88 Å². The second-order valence-corrected chi connectivity index (χ2v) is 4.19. The minimum atomic E-state index is -0.0963. The smallest absolute Gasteiger partial charge is 0.130 e. The Balaban J connectivity index is 2.79. The van der Waals surface area contributed by atoms with Gasteiger partial charge in [-0.15, -0.1) is 11.6 Å². The van der Waals surface area contributed by atoms with Crippen LogP contribution < -0.4 is 5.32 Å². The summed E-state index contributed by atoms with van der Waals surface area (Å²) in [5.74, 6) is 1.42. The predicted octanol–water partition coefficient (Wildman–Crippen LogP) is 2.86. The molecule has 0 bridgehead atoms. The largest absolute Gasteiger partial charge is 0.364 e. The number of hydrogen-bond donors (Lipinski definition) is 1. The Morgan fingerprint density at radius 2 is 2.13 bits per heavy atom. The zero-order valence-electron chi connectivity index (χ0n) is 9.55. The van der Waals surface area contributed by atoms with Crippen LogP contribution in [0.25, 0.3) is 0 Å². The van der Waals surface area contributed by atoms with Crippen LogP contribution in [0.1, 0.15) is 32.9 Å². The average molecular weight is 228 g/mol. The van der Waals surface area contributed by atoms with Gasteiger partial charge < -0.3 is 5.32 Å². The molecule has 1 N–H and O–H groups in total. The molecule has 1 unspecified atom stereocenters. The molecule has 0 saturated heterocycles. The lowest BCUT2D eigenvalue weighted by atomic mass is 10.0. The fourth-order valence-corrected chi connectivity index (χ4v) is 1.44. The molecule has 0 fully saturated rings. The molecule has 1 aromatic heterocycles. The van der Waals surface area contributed by atoms with Crippen LogP contribution in [-0.2, 0) is 6.42 Å². The van der Waals surface area contributed by atoms with E-state index in [-0.39, 0.29) is 5.54 Å². The molecule has 0 saturated carbocycles. The number of aryl methyl sites for hydroxylation is 1. The fourth-order valence-electron chi connectivity index (χ4n) is 1.18. The van der Waals surface area contributed by atoms with Crippen LogP contribution in [0.5, 0.6) is 0 Å². The van der Waals surface area contributed by atoms with Gasteiger partial charge in [-0.05, 0) is 19.8 Å². The number of rotatable bonds is 5. The summed E-state index contributed by atoms with van der Waals surface area (Å²) in [6, 6.07) is 1.97. The van der Waals surface area contributed by atoms with Gasteiger partial charge in [-0.1, -0.05) is 13.8 Å². The molecule has 1 atom stereocenters. The maximum atomic E-state index is 5.93. The minimum Gasteiger partial charge on any atom is -0.364 e. The van der Waals surface area contributed by atoms with Crippen molar-refractivity contribution in [3.05, 3.63) is 18.1 Å². The van der Waals surface area contributed by atoms with Crippen LogP contribution >= 0.6 is 11.6 Å². The van der Waals surface area contributed by atoms with Gasteiger partial charge in [0.25, 0.3) is 0 Å². The van der Waals surface area contributed by atoms with Gasteiger partial charge in [0.2, 0.25) is 0 Å². The van der Waals surface area contributed by atoms with Crippen molar-refractivity contribution in [1.29, 1.82) is 0 Å². The maximum Gasteiger partial charge on any atom is 0.130 e. The highest BCUT2D eigenvalue weighted by Crippen LogP contribution is 2.18. The number of nitrogens with zero attached hydrogens (tertiary/aromatic N) is 2. The van der Waals surface area contributed by atoms with Crippen molar-refractivity contribution in [2.75, 3.05) is 11.2 Å². The predicted molar refractivity (Wildman–Crippen MR) is 64.4 cm³/mol. The summed E-state index contributed by atoms with van der Waals surface area (Å²) in [6.45, 7) is 6.28. The summed E-state index contributed by atoms with van der Waals surface area (Å²) < 4.78 is 0. The van der Waals surface area contributed by atoms with Crippen molar-refractivity contribution < 1.29 is 0 Å². The summed E-state index contributed by atoms with van der Waals surface area (Å²) in [4.78, 5) is 8.34. The number of hydrogen-bond acceptors (Lipinski definition) is 3. The lowest BCUT2D eigenvalue weighted by Gasteiger charge is -2.27. The van der Waals surface area contributed by atoms with E-state index in [1.807, 2.05) is 6.07 Å². The zero-order valence-corrected chi connectivity index (χ0v) is 10.3. The molecule has 1 rings (SSSR count). The third kappa shape index (κ3) is 3.34. The van der Waals surface area contributed by atoms with Crippen LogP contribution in [0.4, 0.5) is 5.82 Å². The van der Waals surface area contributed by atoms with E-state index in [1.165, 1.54) is 0 Å². The van der Waals surface area contributed by atoms with E-state index in [1.54, 1.807) is 6.33 Å². The van der Waals surface area contributed by atoms with E-state index in [0.717, 1.165) is 24.4 Å². The molecule has 84 valence electrons. The molecule has 0 amide bonds. The summed E-state index contributed by atoms with van der Waals surface area (Å²) >= 11 is 5.93. The first-order valence-electron chi connectivity index (χ1n) is 5.28. The van der Waals surface area contributed by atoms with Crippen LogP contribution in [-0.4, -0.2) is 21.4 Å². The van der Waals surface area contributed by atoms with E-state index in [9.17, 15) is 0 Å². The quantitative estimate of drug-likeness (QED) is 0.787. The molecule has 0 aliphatic carbocycles. The summed E-state index contributed by atoms with van der Waals surface area (Å²) in [6.07, 6.45) is 3.47. The van der Waals surface area contributed by atoms with Gasteiger partial charge in [-0.3, -0.25) is 0 Å². The average Bonchev–Trinajstić information content (AvgIpc) is 2.29. The molecule has 0 spiro atoms. The van der Waals surface area contributed by atoms with Crippen molar-refractivity contribution >= 4 is 17.4 Å². The lowest BCUT2D eigenvalue weighted by Crippen LogP contribution is -2.36. The molecule has 15 heavy (non-hydrogen) atoms. The van der Waals surface area contributed by atoms with E-state index in [4.69, 9.17) is 11.6 Å². The van der Waals surface area contributed by atoms with Crippen LogP contribution in [0.2, 0.25) is 0 Å². The summed E-state index contributed by atoms with van der Waals surface area (Å²) in [5.41, 5.74) is 0.946. The van der Waals surface area contributed by atoms with Gasteiger partial charge >= 0.3 is 0 Å². The minimum absolute atomic E-state index is 0.0963. The highest BCUT2D eigenvalue weighted by molar-refractivity contribution is 6.18. The second-order valence-electron chi connectivity index (χ2n) is 3.92. The normalized spacial score (nSPS) is 14.7. The molecule has 0 aromatic carbocycles. The van der Waals surface area contributed by atoms with Crippen molar-refractivity contribution in [3.8, 4) is 0 Å². The Labute approximate surface area is 96.3 Å². The second kappa shape index (κ2) is 5.31. The zero-order chi connectivity index (χ0) is 11.3. The first-order chi connectivity index (χ1) is 7.13. The first-order valence-corrected chi connectivity index (χ1v) is 5.82. The van der Waals surface area contributed by atoms with E-state index < -0.39 is 0 Å². The van der Waals surface area contributed by atoms with Crippen molar-refractivity contribution in [1.82, 2.24) is 9.97 Å². The number of alkyl halides is 1. The Bertz CT molecular complexity index is 310. The molecule has 0 aliphatic rings. The van der Waals surface area contributed by atoms with Crippen LogP contribution in [0.3, 0.4) is 0 Å². The van der Waals surface area contributed by atoms with Gasteiger partial charge in [0.1, 0.15) is 12.1 Å². The number of aromatic nitrogens is 2. The first kappa shape index (κ1) is 12.2. The highest BCUT2D eigenvalue weighted by atomic mass is 35.5. The third-order valence-corrected chi connectivity index (χ3v) is 3.18. The summed E-state index contributed by atoms with van der Waals surface area (Å²) in [5, 5.41) is 3.35. The molecule has 0 aliphatic heterocycles. The Kier molecular flexibility index (Phi) is 4.33. The maximum absolute atomic E-state index is 5.93. The van der Waals surface area contributed by atoms with Gasteiger partial charge in [0.05, 0.1) is 0 Å². The van der Waals surface area contributed by atoms with Crippen LogP contribution in [0.15, 0.2) is 12.4 Å². The van der Waals surface area contributed by atoms with Gasteiger partial charge in [-0.2, -0.15) is 0 Å². The SMILES string of the molecule is CCc1cc(NC(C)(CC)CCl)ncn1. The summed E-state index contributed by atoms with van der Waals surface area (Å²) in [7, 11) is 0. The molecule has 1 heterocycles. The van der Waals surface area contributed by atoms with Gasteiger partial charge in [0, 0.05) is 23.2 Å². The Hall–Kier alpha value is -0.830. The van der Waals surface area contributed by atoms with E-state index >= 15 is 0 Å². The standard InChI is InChI=1S/C11H18ClN3/c1-4-9-6-10(14-8-13-9)15-11(3,5-2)7-12/h6,8H,4-5,7H2,1-3H3,(H,13,14,15). The monoisotopic (exact) mass is 227 g/mol. The molecular formula is C11H18ClN3. The number of anilines is 1. The van der Waals surface area contributed by atoms with Gasteiger partial charge in [-0.25, -0.2) is 9.97 Å². The molecule has 1 aromatic rings. The van der Waals surface area contributed by atoms with Crippen molar-refractivity contribution in [2.24, 2.45) is 0 Å². The molecule has 4 heteroatoms. The molecule has 0 radical (unpaired) electrons. The molecular weight excluding hydrogens is 210 g/mol. The lowest BCUT2D eigenvalue weighted by molar-refractivity contribution is 0.551. The molecule has 3 nitrogen and oxygen atoms in total. The topological polar surface area (TPSA) is 37.8 Å². The van der Waals surface area contributed by atoms with Crippen molar-refractivity contribution in [3.63, 3.8) is 0 Å². The Morgan fingerprint density at radius 3 is 2.67 bits per heavy atom. The Morgan fingerprint density at radius 1 is 1.40 bits per heavy atom. The third-order valence-electron chi connectivity index (χ3n) is 2.59. The highest BCUT2D eigenvalue weighted by Gasteiger charge is 2.20. The number of halogens is 1. The van der Waals surface area contributed by atoms with E-state index in [2.05, 4.69) is 36.1 Å². The van der Waals surface area contributed by atoms with Crippen LogP contribution in [0, 0.1) is 0 Å². The fraction of sp³-hybridized carbons (Fsp3) is 0.636. The van der Waals surface area contributed by atoms with Gasteiger partial charge in [0.15, 0.2) is 0 Å². The number of nitrogens with one attached hydrogen (secondary N) is 1. The van der Waals surface area contributed by atoms with Crippen molar-refractivity contribution in [2.45, 2.75) is 39.2 Å².